The van der Waals surface area contributed by atoms with Crippen molar-refractivity contribution < 1.29 is 26.7 Å². The molecular weight excluding hydrogens is 331 g/mol. The van der Waals surface area contributed by atoms with Crippen molar-refractivity contribution in [2.45, 2.75) is 18.0 Å². The van der Waals surface area contributed by atoms with Gasteiger partial charge in [0.1, 0.15) is 0 Å². The van der Waals surface area contributed by atoms with E-state index >= 15 is 0 Å². The molecule has 0 unspecified atom stereocenters. The molecule has 0 aliphatic heterocycles. The van der Waals surface area contributed by atoms with Crippen LogP contribution in [0.1, 0.15) is 17.2 Å². The van der Waals surface area contributed by atoms with Crippen LogP contribution in [0.5, 0.6) is 0 Å². The molecular formula is C15H14F3NO3S. The van der Waals surface area contributed by atoms with E-state index in [2.05, 4.69) is 0 Å². The smallest absolute Gasteiger partial charge is 0.388 e. The molecule has 0 saturated heterocycles. The van der Waals surface area contributed by atoms with Crippen molar-refractivity contribution >= 4 is 15.7 Å². The van der Waals surface area contributed by atoms with Crippen molar-refractivity contribution in [1.29, 1.82) is 0 Å². The van der Waals surface area contributed by atoms with E-state index in [1.165, 1.54) is 29.0 Å². The van der Waals surface area contributed by atoms with Crippen LogP contribution < -0.4 is 4.72 Å². The van der Waals surface area contributed by atoms with Gasteiger partial charge in [-0.05, 0) is 23.3 Å². The summed E-state index contributed by atoms with van der Waals surface area (Å²) in [6.45, 7) is 0. The summed E-state index contributed by atoms with van der Waals surface area (Å²) >= 11 is 0. The molecule has 0 saturated carbocycles. The van der Waals surface area contributed by atoms with Crippen molar-refractivity contribution in [3.05, 3.63) is 65.7 Å². The Kier molecular flexibility index (Phi) is 4.96. The number of hydrogen-bond donors (Lipinski definition) is 2. The van der Waals surface area contributed by atoms with Gasteiger partial charge in [-0.3, -0.25) is 4.72 Å². The van der Waals surface area contributed by atoms with Gasteiger partial charge in [-0.1, -0.05) is 42.5 Å². The van der Waals surface area contributed by atoms with Crippen molar-refractivity contribution in [3.8, 4) is 0 Å². The van der Waals surface area contributed by atoms with E-state index in [-0.39, 0.29) is 12.1 Å². The molecule has 2 rings (SSSR count). The Bertz CT molecular complexity index is 761. The van der Waals surface area contributed by atoms with Crippen LogP contribution in [0.3, 0.4) is 0 Å². The maximum absolute atomic E-state index is 12.4. The van der Waals surface area contributed by atoms with Gasteiger partial charge in [0, 0.05) is 12.1 Å². The molecule has 0 amide bonds. The van der Waals surface area contributed by atoms with E-state index in [0.29, 0.717) is 5.56 Å². The van der Waals surface area contributed by atoms with Crippen LogP contribution in [0.4, 0.5) is 18.9 Å². The first kappa shape index (κ1) is 17.3. The number of aliphatic hydroxyl groups excluding tert-OH is 1. The van der Waals surface area contributed by atoms with Crippen LogP contribution in [0.2, 0.25) is 0 Å². The molecule has 124 valence electrons. The largest absolute Gasteiger partial charge is 0.516 e. The fraction of sp³-hybridized carbons (Fsp3) is 0.200. The highest BCUT2D eigenvalue weighted by Crippen LogP contribution is 2.27. The topological polar surface area (TPSA) is 66.4 Å². The summed E-state index contributed by atoms with van der Waals surface area (Å²) in [6, 6.07) is 14.3. The second-order valence-corrected chi connectivity index (χ2v) is 6.56. The standard InChI is InChI=1S/C15H14F3NO3S/c16-15(17,18)23(21,22)19-13-8-4-7-12(10-13)14(20)9-11-5-2-1-3-6-11/h1-8,10,14,19-20H,9H2/t14-/m1/s1. The van der Waals surface area contributed by atoms with Gasteiger partial charge in [-0.2, -0.15) is 21.6 Å². The maximum Gasteiger partial charge on any atom is 0.516 e. The van der Waals surface area contributed by atoms with Crippen molar-refractivity contribution in [2.75, 3.05) is 4.72 Å². The van der Waals surface area contributed by atoms with Crippen molar-refractivity contribution in [3.63, 3.8) is 0 Å². The molecule has 1 atom stereocenters. The number of sulfonamides is 1. The van der Waals surface area contributed by atoms with E-state index in [0.717, 1.165) is 5.56 Å². The van der Waals surface area contributed by atoms with E-state index < -0.39 is 21.6 Å². The lowest BCUT2D eigenvalue weighted by molar-refractivity contribution is -0.0429. The summed E-state index contributed by atoms with van der Waals surface area (Å²) in [5.74, 6) is 0. The van der Waals surface area contributed by atoms with Crippen LogP contribution >= 0.6 is 0 Å². The van der Waals surface area contributed by atoms with Crippen molar-refractivity contribution in [1.82, 2.24) is 0 Å². The molecule has 8 heteroatoms. The molecule has 0 spiro atoms. The lowest BCUT2D eigenvalue weighted by Crippen LogP contribution is -2.29. The third-order valence-electron chi connectivity index (χ3n) is 3.10. The molecule has 0 aliphatic carbocycles. The zero-order valence-electron chi connectivity index (χ0n) is 11.8. The lowest BCUT2D eigenvalue weighted by Gasteiger charge is -2.14. The minimum atomic E-state index is -5.48. The monoisotopic (exact) mass is 345 g/mol. The number of benzene rings is 2. The number of alkyl halides is 3. The second-order valence-electron chi connectivity index (χ2n) is 4.88. The molecule has 23 heavy (non-hydrogen) atoms. The van der Waals surface area contributed by atoms with Crippen LogP contribution in [0.25, 0.3) is 0 Å². The van der Waals surface area contributed by atoms with Gasteiger partial charge in [0.05, 0.1) is 6.10 Å². The van der Waals surface area contributed by atoms with Crippen molar-refractivity contribution in [2.24, 2.45) is 0 Å². The third-order valence-corrected chi connectivity index (χ3v) is 4.21. The Morgan fingerprint density at radius 3 is 2.30 bits per heavy atom. The molecule has 0 heterocycles. The highest BCUT2D eigenvalue weighted by atomic mass is 32.2. The zero-order chi connectivity index (χ0) is 17.1. The molecule has 0 aliphatic rings. The average molecular weight is 345 g/mol. The van der Waals surface area contributed by atoms with E-state index in [9.17, 15) is 26.7 Å². The molecule has 0 fully saturated rings. The van der Waals surface area contributed by atoms with Gasteiger partial charge in [-0.25, -0.2) is 0 Å². The highest BCUT2D eigenvalue weighted by Gasteiger charge is 2.46. The van der Waals surface area contributed by atoms with Gasteiger partial charge in [0.25, 0.3) is 0 Å². The first-order valence-electron chi connectivity index (χ1n) is 6.60. The quantitative estimate of drug-likeness (QED) is 0.874. The Hall–Kier alpha value is -2.06. The number of aliphatic hydroxyl groups is 1. The first-order valence-corrected chi connectivity index (χ1v) is 8.08. The lowest BCUT2D eigenvalue weighted by atomic mass is 10.0. The fourth-order valence-corrected chi connectivity index (χ4v) is 2.53. The molecule has 2 aromatic rings. The van der Waals surface area contributed by atoms with Gasteiger partial charge >= 0.3 is 15.5 Å². The SMILES string of the molecule is O=S(=O)(Nc1cccc([C@H](O)Cc2ccccc2)c1)C(F)(F)F. The first-order chi connectivity index (χ1) is 10.7. The summed E-state index contributed by atoms with van der Waals surface area (Å²) in [5.41, 5.74) is -4.49. The molecule has 2 N–H and O–H groups in total. The fourth-order valence-electron chi connectivity index (χ4n) is 1.98. The van der Waals surface area contributed by atoms with Gasteiger partial charge in [0.2, 0.25) is 0 Å². The summed E-state index contributed by atoms with van der Waals surface area (Å²) in [5, 5.41) is 10.2. The second kappa shape index (κ2) is 6.59. The maximum atomic E-state index is 12.4. The Labute approximate surface area is 131 Å². The number of hydrogen-bond acceptors (Lipinski definition) is 3. The van der Waals surface area contributed by atoms with E-state index in [4.69, 9.17) is 0 Å². The Morgan fingerprint density at radius 1 is 1.04 bits per heavy atom. The predicted molar refractivity (Wildman–Crippen MR) is 80.1 cm³/mol. The van der Waals surface area contributed by atoms with Crippen LogP contribution in [-0.2, 0) is 16.4 Å². The van der Waals surface area contributed by atoms with Crippen LogP contribution in [-0.4, -0.2) is 19.0 Å². The normalized spacial score (nSPS) is 13.6. The Morgan fingerprint density at radius 2 is 1.70 bits per heavy atom. The number of nitrogens with one attached hydrogen (secondary N) is 1. The van der Waals surface area contributed by atoms with Crippen LogP contribution in [0, 0.1) is 0 Å². The molecule has 0 bridgehead atoms. The average Bonchev–Trinajstić information content (AvgIpc) is 2.47. The zero-order valence-corrected chi connectivity index (χ0v) is 12.6. The summed E-state index contributed by atoms with van der Waals surface area (Å²) in [4.78, 5) is 0. The van der Waals surface area contributed by atoms with Gasteiger partial charge in [-0.15, -0.1) is 0 Å². The summed E-state index contributed by atoms with van der Waals surface area (Å²) in [7, 11) is -5.48. The van der Waals surface area contributed by atoms with Gasteiger partial charge in [0.15, 0.2) is 0 Å². The van der Waals surface area contributed by atoms with Crippen LogP contribution in [0.15, 0.2) is 54.6 Å². The molecule has 2 aromatic carbocycles. The highest BCUT2D eigenvalue weighted by molar-refractivity contribution is 7.93. The molecule has 4 nitrogen and oxygen atoms in total. The minimum absolute atomic E-state index is 0.257. The summed E-state index contributed by atoms with van der Waals surface area (Å²) in [6.07, 6.45) is -0.705. The number of anilines is 1. The molecule has 0 aromatic heterocycles. The predicted octanol–water partition coefficient (Wildman–Crippen LogP) is 3.22. The molecule has 0 radical (unpaired) electrons. The third kappa shape index (κ3) is 4.46. The van der Waals surface area contributed by atoms with E-state index in [1.54, 1.807) is 24.3 Å². The van der Waals surface area contributed by atoms with Gasteiger partial charge < -0.3 is 5.11 Å². The number of rotatable bonds is 5. The summed E-state index contributed by atoms with van der Waals surface area (Å²) < 4.78 is 60.7. The van der Waals surface area contributed by atoms with E-state index in [1.807, 2.05) is 6.07 Å². The number of halogens is 3. The minimum Gasteiger partial charge on any atom is -0.388 e. The Balaban J connectivity index is 2.17.